The molecule has 2 fully saturated rings. The second-order valence-electron chi connectivity index (χ2n) is 8.84. The Hall–Kier alpha value is -4.06. The molecule has 34 heavy (non-hydrogen) atoms. The topological polar surface area (TPSA) is 117 Å². The highest BCUT2D eigenvalue weighted by Gasteiger charge is 2.48. The molecule has 0 saturated carbocycles. The summed E-state index contributed by atoms with van der Waals surface area (Å²) in [5.41, 5.74) is 1.78. The Morgan fingerprint density at radius 1 is 1.15 bits per heavy atom. The first-order chi connectivity index (χ1) is 16.4. The number of imide groups is 1. The molecule has 174 valence electrons. The number of amides is 5. The van der Waals surface area contributed by atoms with Crippen molar-refractivity contribution < 1.29 is 23.9 Å². The molecule has 0 spiro atoms. The Morgan fingerprint density at radius 3 is 2.65 bits per heavy atom. The van der Waals surface area contributed by atoms with Gasteiger partial charge in [-0.15, -0.1) is 0 Å². The van der Waals surface area contributed by atoms with Crippen LogP contribution in [0.4, 0.5) is 4.79 Å². The number of hydrogen-bond donors (Lipinski definition) is 3. The maximum Gasteiger partial charge on any atom is 0.323 e. The highest BCUT2D eigenvalue weighted by atomic mass is 16.5. The predicted octanol–water partition coefficient (Wildman–Crippen LogP) is 1.16. The number of nitrogens with zero attached hydrogens (tertiary/aromatic N) is 1. The molecule has 5 amide bonds. The first-order valence-corrected chi connectivity index (χ1v) is 11.2. The molecule has 0 bridgehead atoms. The second kappa shape index (κ2) is 8.37. The van der Waals surface area contributed by atoms with Crippen LogP contribution < -0.4 is 20.7 Å². The molecule has 2 atom stereocenters. The van der Waals surface area contributed by atoms with E-state index in [9.17, 15) is 19.2 Å². The smallest absolute Gasteiger partial charge is 0.323 e. The van der Waals surface area contributed by atoms with E-state index in [4.69, 9.17) is 4.74 Å². The molecule has 1 aromatic rings. The van der Waals surface area contributed by atoms with Crippen LogP contribution in [0.15, 0.2) is 41.5 Å². The SMILES string of the molecule is COc1ccc2c(c1)C(=O)N(CC1(C#CC3=CC=C(C4CCC(=O)N4)CC3)NC(=O)NC1=O)C2. The lowest BCUT2D eigenvalue weighted by atomic mass is 9.92. The van der Waals surface area contributed by atoms with Gasteiger partial charge < -0.3 is 20.3 Å². The molecule has 1 aliphatic carbocycles. The first-order valence-electron chi connectivity index (χ1n) is 11.2. The van der Waals surface area contributed by atoms with E-state index in [1.165, 1.54) is 12.0 Å². The number of carbonyl (C=O) groups is 4. The molecule has 2 saturated heterocycles. The van der Waals surface area contributed by atoms with Crippen molar-refractivity contribution in [2.45, 2.75) is 43.8 Å². The Bertz CT molecular complexity index is 1240. The average Bonchev–Trinajstić information content (AvgIpc) is 3.48. The van der Waals surface area contributed by atoms with E-state index < -0.39 is 17.5 Å². The largest absolute Gasteiger partial charge is 0.497 e. The molecule has 5 rings (SSSR count). The molecule has 9 heteroatoms. The lowest BCUT2D eigenvalue weighted by molar-refractivity contribution is -0.122. The van der Waals surface area contributed by atoms with Crippen molar-refractivity contribution in [1.29, 1.82) is 0 Å². The zero-order valence-electron chi connectivity index (χ0n) is 18.7. The van der Waals surface area contributed by atoms with Gasteiger partial charge >= 0.3 is 6.03 Å². The summed E-state index contributed by atoms with van der Waals surface area (Å²) in [5.74, 6) is 5.83. The molecule has 3 heterocycles. The number of hydrogen-bond acceptors (Lipinski definition) is 5. The maximum atomic E-state index is 13.0. The molecule has 3 N–H and O–H groups in total. The van der Waals surface area contributed by atoms with Crippen molar-refractivity contribution >= 4 is 23.8 Å². The van der Waals surface area contributed by atoms with Crippen LogP contribution >= 0.6 is 0 Å². The Morgan fingerprint density at radius 2 is 2.00 bits per heavy atom. The first kappa shape index (κ1) is 21.8. The van der Waals surface area contributed by atoms with Gasteiger partial charge in [-0.3, -0.25) is 19.7 Å². The second-order valence-corrected chi connectivity index (χ2v) is 8.84. The summed E-state index contributed by atoms with van der Waals surface area (Å²) in [6.45, 7) is 0.239. The van der Waals surface area contributed by atoms with Crippen LogP contribution in [0.5, 0.6) is 5.75 Å². The van der Waals surface area contributed by atoms with Crippen molar-refractivity contribution in [2.24, 2.45) is 0 Å². The molecular formula is C25H24N4O5. The fourth-order valence-corrected chi connectivity index (χ4v) is 4.74. The van der Waals surface area contributed by atoms with E-state index in [2.05, 4.69) is 27.8 Å². The third kappa shape index (κ3) is 3.92. The van der Waals surface area contributed by atoms with Gasteiger partial charge in [0.25, 0.3) is 11.8 Å². The number of fused-ring (bicyclic) bond motifs is 1. The van der Waals surface area contributed by atoms with Gasteiger partial charge in [-0.2, -0.15) is 0 Å². The van der Waals surface area contributed by atoms with E-state index in [1.54, 1.807) is 12.1 Å². The summed E-state index contributed by atoms with van der Waals surface area (Å²) < 4.78 is 5.21. The van der Waals surface area contributed by atoms with Crippen molar-refractivity contribution in [2.75, 3.05) is 13.7 Å². The van der Waals surface area contributed by atoms with Gasteiger partial charge in [-0.05, 0) is 42.5 Å². The van der Waals surface area contributed by atoms with Crippen molar-refractivity contribution in [3.63, 3.8) is 0 Å². The molecule has 0 aromatic heterocycles. The lowest BCUT2D eigenvalue weighted by Crippen LogP contribution is -2.54. The average molecular weight is 460 g/mol. The zero-order chi connectivity index (χ0) is 23.9. The highest BCUT2D eigenvalue weighted by molar-refractivity contribution is 6.10. The Balaban J connectivity index is 1.37. The molecular weight excluding hydrogens is 436 g/mol. The quantitative estimate of drug-likeness (QED) is 0.461. The normalized spacial score (nSPS) is 25.6. The number of ether oxygens (including phenoxy) is 1. The van der Waals surface area contributed by atoms with Crippen molar-refractivity contribution in [3.8, 4) is 17.6 Å². The minimum atomic E-state index is -1.54. The third-order valence-corrected chi connectivity index (χ3v) is 6.63. The number of methoxy groups -OCH3 is 1. The van der Waals surface area contributed by atoms with Crippen LogP contribution in [0.1, 0.15) is 41.6 Å². The van der Waals surface area contributed by atoms with Gasteiger partial charge in [-0.25, -0.2) is 4.79 Å². The van der Waals surface area contributed by atoms with Gasteiger partial charge in [0, 0.05) is 24.1 Å². The minimum absolute atomic E-state index is 0.0717. The molecule has 1 aromatic carbocycles. The zero-order valence-corrected chi connectivity index (χ0v) is 18.7. The minimum Gasteiger partial charge on any atom is -0.497 e. The number of rotatable bonds is 4. The summed E-state index contributed by atoms with van der Waals surface area (Å²) in [6, 6.07) is 4.71. The maximum absolute atomic E-state index is 13.0. The van der Waals surface area contributed by atoms with Crippen molar-refractivity contribution in [3.05, 3.63) is 52.6 Å². The monoisotopic (exact) mass is 460 g/mol. The molecule has 4 aliphatic rings. The molecule has 0 radical (unpaired) electrons. The Labute approximate surface area is 196 Å². The fourth-order valence-electron chi connectivity index (χ4n) is 4.74. The molecule has 2 unspecified atom stereocenters. The van der Waals surface area contributed by atoms with Gasteiger partial charge in [0.15, 0.2) is 0 Å². The summed E-state index contributed by atoms with van der Waals surface area (Å²) in [6.07, 6.45) is 6.64. The Kier molecular flexibility index (Phi) is 5.36. The van der Waals surface area contributed by atoms with E-state index in [1.807, 2.05) is 18.2 Å². The fraction of sp³-hybridized carbons (Fsp3) is 0.360. The molecule has 3 aliphatic heterocycles. The van der Waals surface area contributed by atoms with E-state index in [0.717, 1.165) is 29.6 Å². The summed E-state index contributed by atoms with van der Waals surface area (Å²) in [4.78, 5) is 50.8. The number of nitrogens with one attached hydrogen (secondary N) is 3. The number of urea groups is 1. The summed E-state index contributed by atoms with van der Waals surface area (Å²) in [5, 5.41) is 7.85. The van der Waals surface area contributed by atoms with Crippen molar-refractivity contribution in [1.82, 2.24) is 20.9 Å². The predicted molar refractivity (Wildman–Crippen MR) is 121 cm³/mol. The van der Waals surface area contributed by atoms with Crippen LogP contribution in [0.3, 0.4) is 0 Å². The number of allylic oxidation sites excluding steroid dienone is 3. The summed E-state index contributed by atoms with van der Waals surface area (Å²) in [7, 11) is 1.53. The van der Waals surface area contributed by atoms with Crippen LogP contribution in [0, 0.1) is 11.8 Å². The third-order valence-electron chi connectivity index (χ3n) is 6.63. The van der Waals surface area contributed by atoms with Crippen LogP contribution in [-0.4, -0.2) is 53.9 Å². The van der Waals surface area contributed by atoms with Gasteiger partial charge in [0.1, 0.15) is 5.75 Å². The lowest BCUT2D eigenvalue weighted by Gasteiger charge is -2.26. The standard InChI is InChI=1S/C25H24N4O5/c1-34-18-7-6-17-13-29(22(31)19(17)12-18)14-25(23(32)27-24(33)28-25)11-10-15-2-4-16(5-3-15)20-8-9-21(30)26-20/h2,4,6-7,12,20H,3,5,8-9,13-14H2,1H3,(H,26,30)(H2,27,28,32,33). The van der Waals surface area contributed by atoms with Gasteiger partial charge in [-0.1, -0.05) is 30.1 Å². The van der Waals surface area contributed by atoms with Crippen LogP contribution in [0.25, 0.3) is 0 Å². The van der Waals surface area contributed by atoms with Gasteiger partial charge in [0.2, 0.25) is 11.4 Å². The van der Waals surface area contributed by atoms with E-state index in [0.29, 0.717) is 30.7 Å². The highest BCUT2D eigenvalue weighted by Crippen LogP contribution is 2.29. The van der Waals surface area contributed by atoms with Crippen LogP contribution in [-0.2, 0) is 16.1 Å². The number of benzene rings is 1. The van der Waals surface area contributed by atoms with E-state index in [-0.39, 0.29) is 24.4 Å². The molecule has 9 nitrogen and oxygen atoms in total. The summed E-state index contributed by atoms with van der Waals surface area (Å²) >= 11 is 0. The van der Waals surface area contributed by atoms with E-state index >= 15 is 0 Å². The van der Waals surface area contributed by atoms with Crippen LogP contribution in [0.2, 0.25) is 0 Å². The number of carbonyl (C=O) groups excluding carboxylic acids is 4. The van der Waals surface area contributed by atoms with Gasteiger partial charge in [0.05, 0.1) is 19.7 Å².